The molecular weight excluding hydrogens is 257 g/mol. The molecule has 1 aromatic heterocycles. The highest BCUT2D eigenvalue weighted by Gasteiger charge is 2.03. The lowest BCUT2D eigenvalue weighted by Crippen LogP contribution is -1.99. The van der Waals surface area contributed by atoms with E-state index in [1.54, 1.807) is 6.20 Å². The number of hydrogen-bond acceptors (Lipinski definition) is 2. The van der Waals surface area contributed by atoms with E-state index in [0.717, 1.165) is 11.1 Å². The monoisotopic (exact) mass is 267 g/mol. The molecule has 0 saturated carbocycles. The van der Waals surface area contributed by atoms with Crippen LogP contribution in [0.2, 0.25) is 5.02 Å². The summed E-state index contributed by atoms with van der Waals surface area (Å²) in [4.78, 5) is 4.15. The van der Waals surface area contributed by atoms with Crippen molar-refractivity contribution in [3.05, 3.63) is 58.7 Å². The highest BCUT2D eigenvalue weighted by Crippen LogP contribution is 2.18. The summed E-state index contributed by atoms with van der Waals surface area (Å²) >= 11 is 11.6. The van der Waals surface area contributed by atoms with Gasteiger partial charge < -0.3 is 4.74 Å². The average molecular weight is 268 g/mol. The normalized spacial score (nSPS) is 10.2. The Bertz CT molecular complexity index is 485. The zero-order valence-corrected chi connectivity index (χ0v) is 10.6. The summed E-state index contributed by atoms with van der Waals surface area (Å²) in [5, 5.41) is 0.716. The molecule has 2 nitrogen and oxygen atoms in total. The third-order valence-corrected chi connectivity index (χ3v) is 2.82. The summed E-state index contributed by atoms with van der Waals surface area (Å²) < 4.78 is 5.62. The molecule has 0 aliphatic carbocycles. The van der Waals surface area contributed by atoms with Crippen molar-refractivity contribution >= 4 is 23.2 Å². The van der Waals surface area contributed by atoms with Crippen molar-refractivity contribution in [2.45, 2.75) is 12.5 Å². The molecule has 0 aliphatic rings. The van der Waals surface area contributed by atoms with E-state index >= 15 is 0 Å². The molecule has 0 bridgehead atoms. The molecule has 0 saturated heterocycles. The molecule has 0 amide bonds. The van der Waals surface area contributed by atoms with Crippen molar-refractivity contribution in [3.8, 4) is 5.88 Å². The van der Waals surface area contributed by atoms with Gasteiger partial charge in [-0.15, -0.1) is 11.6 Å². The van der Waals surface area contributed by atoms with Crippen molar-refractivity contribution in [2.24, 2.45) is 0 Å². The summed E-state index contributed by atoms with van der Waals surface area (Å²) in [6, 6.07) is 11.3. The van der Waals surface area contributed by atoms with E-state index in [9.17, 15) is 0 Å². The molecule has 2 rings (SSSR count). The average Bonchev–Trinajstić information content (AvgIpc) is 2.38. The molecule has 0 spiro atoms. The zero-order valence-electron chi connectivity index (χ0n) is 9.07. The first-order valence-electron chi connectivity index (χ1n) is 5.16. The quantitative estimate of drug-likeness (QED) is 0.780. The van der Waals surface area contributed by atoms with Gasteiger partial charge in [-0.2, -0.15) is 0 Å². The molecule has 0 fully saturated rings. The van der Waals surface area contributed by atoms with Crippen LogP contribution in [-0.4, -0.2) is 4.98 Å². The summed E-state index contributed by atoms with van der Waals surface area (Å²) in [6.45, 7) is 0.456. The Kier molecular flexibility index (Phi) is 4.24. The van der Waals surface area contributed by atoms with Gasteiger partial charge in [0.15, 0.2) is 0 Å². The molecule has 0 radical (unpaired) electrons. The number of ether oxygens (including phenoxy) is 1. The third kappa shape index (κ3) is 3.35. The van der Waals surface area contributed by atoms with Gasteiger partial charge in [-0.25, -0.2) is 4.98 Å². The maximum Gasteiger partial charge on any atom is 0.218 e. The molecule has 17 heavy (non-hydrogen) atoms. The molecule has 0 atom stereocenters. The van der Waals surface area contributed by atoms with E-state index in [1.165, 1.54) is 0 Å². The zero-order chi connectivity index (χ0) is 12.1. The van der Waals surface area contributed by atoms with Crippen LogP contribution >= 0.6 is 23.2 Å². The van der Waals surface area contributed by atoms with Crippen molar-refractivity contribution in [2.75, 3.05) is 0 Å². The van der Waals surface area contributed by atoms with Crippen molar-refractivity contribution in [3.63, 3.8) is 0 Å². The van der Waals surface area contributed by atoms with Gasteiger partial charge in [0, 0.05) is 16.8 Å². The standard InChI is InChI=1S/C13H11Cl2NO/c14-8-11-2-1-7-16-13(11)17-9-10-3-5-12(15)6-4-10/h1-7H,8-9H2. The van der Waals surface area contributed by atoms with Crippen LogP contribution in [-0.2, 0) is 12.5 Å². The van der Waals surface area contributed by atoms with E-state index < -0.39 is 0 Å². The Morgan fingerprint density at radius 3 is 2.59 bits per heavy atom. The number of aromatic nitrogens is 1. The van der Waals surface area contributed by atoms with E-state index in [2.05, 4.69) is 4.98 Å². The topological polar surface area (TPSA) is 22.1 Å². The fraction of sp³-hybridized carbons (Fsp3) is 0.154. The Hall–Kier alpha value is -1.25. The molecule has 1 aromatic carbocycles. The number of rotatable bonds is 4. The largest absolute Gasteiger partial charge is 0.473 e. The Morgan fingerprint density at radius 1 is 1.12 bits per heavy atom. The highest BCUT2D eigenvalue weighted by atomic mass is 35.5. The fourth-order valence-corrected chi connectivity index (χ4v) is 1.72. The molecule has 4 heteroatoms. The third-order valence-electron chi connectivity index (χ3n) is 2.28. The first kappa shape index (κ1) is 12.2. The minimum absolute atomic E-state index is 0.393. The van der Waals surface area contributed by atoms with Crippen molar-refractivity contribution in [1.82, 2.24) is 4.98 Å². The van der Waals surface area contributed by atoms with Gasteiger partial charge in [-0.05, 0) is 23.8 Å². The van der Waals surface area contributed by atoms with Gasteiger partial charge in [0.25, 0.3) is 0 Å². The van der Waals surface area contributed by atoms with Gasteiger partial charge in [0.1, 0.15) is 6.61 Å². The van der Waals surface area contributed by atoms with Crippen LogP contribution in [0, 0.1) is 0 Å². The maximum atomic E-state index is 5.81. The lowest BCUT2D eigenvalue weighted by atomic mass is 10.2. The lowest BCUT2D eigenvalue weighted by molar-refractivity contribution is 0.291. The van der Waals surface area contributed by atoms with E-state index in [1.807, 2.05) is 36.4 Å². The molecule has 88 valence electrons. The number of hydrogen-bond donors (Lipinski definition) is 0. The van der Waals surface area contributed by atoms with Crippen LogP contribution in [0.1, 0.15) is 11.1 Å². The van der Waals surface area contributed by atoms with Gasteiger partial charge in [-0.3, -0.25) is 0 Å². The van der Waals surface area contributed by atoms with Gasteiger partial charge in [0.05, 0.1) is 5.88 Å². The summed E-state index contributed by atoms with van der Waals surface area (Å²) in [5.41, 5.74) is 1.93. The summed E-state index contributed by atoms with van der Waals surface area (Å²) in [6.07, 6.45) is 1.69. The summed E-state index contributed by atoms with van der Waals surface area (Å²) in [5.74, 6) is 0.974. The first-order chi connectivity index (χ1) is 8.29. The molecule has 1 heterocycles. The van der Waals surface area contributed by atoms with E-state index in [-0.39, 0.29) is 0 Å². The van der Waals surface area contributed by atoms with E-state index in [4.69, 9.17) is 27.9 Å². The fourth-order valence-electron chi connectivity index (χ4n) is 1.39. The second-order valence-corrected chi connectivity index (χ2v) is 4.22. The van der Waals surface area contributed by atoms with Crippen LogP contribution in [0.25, 0.3) is 0 Å². The second kappa shape index (κ2) is 5.89. The van der Waals surface area contributed by atoms with Crippen molar-refractivity contribution in [1.29, 1.82) is 0 Å². The predicted molar refractivity (Wildman–Crippen MR) is 69.6 cm³/mol. The molecule has 0 N–H and O–H groups in total. The number of alkyl halides is 1. The molecular formula is C13H11Cl2NO. The van der Waals surface area contributed by atoms with Crippen LogP contribution < -0.4 is 4.74 Å². The molecule has 0 unspecified atom stereocenters. The second-order valence-electron chi connectivity index (χ2n) is 3.52. The maximum absolute atomic E-state index is 5.81. The Labute approximate surface area is 110 Å². The predicted octanol–water partition coefficient (Wildman–Crippen LogP) is 4.05. The van der Waals surface area contributed by atoms with Crippen LogP contribution in [0.3, 0.4) is 0 Å². The van der Waals surface area contributed by atoms with Crippen molar-refractivity contribution < 1.29 is 4.74 Å². The minimum atomic E-state index is 0.393. The van der Waals surface area contributed by atoms with E-state index in [0.29, 0.717) is 23.4 Å². The number of pyridine rings is 1. The van der Waals surface area contributed by atoms with Gasteiger partial charge in [0.2, 0.25) is 5.88 Å². The Morgan fingerprint density at radius 2 is 1.88 bits per heavy atom. The molecule has 2 aromatic rings. The lowest BCUT2D eigenvalue weighted by Gasteiger charge is -2.08. The first-order valence-corrected chi connectivity index (χ1v) is 6.08. The van der Waals surface area contributed by atoms with Crippen LogP contribution in [0.4, 0.5) is 0 Å². The Balaban J connectivity index is 2.04. The van der Waals surface area contributed by atoms with Crippen LogP contribution in [0.5, 0.6) is 5.88 Å². The number of nitrogens with zero attached hydrogens (tertiary/aromatic N) is 1. The smallest absolute Gasteiger partial charge is 0.218 e. The number of halogens is 2. The molecule has 0 aliphatic heterocycles. The SMILES string of the molecule is ClCc1cccnc1OCc1ccc(Cl)cc1. The summed E-state index contributed by atoms with van der Waals surface area (Å²) in [7, 11) is 0. The van der Waals surface area contributed by atoms with Crippen LogP contribution in [0.15, 0.2) is 42.6 Å². The van der Waals surface area contributed by atoms with Gasteiger partial charge >= 0.3 is 0 Å². The van der Waals surface area contributed by atoms with Gasteiger partial charge in [-0.1, -0.05) is 29.8 Å². The minimum Gasteiger partial charge on any atom is -0.473 e. The number of benzene rings is 1. The highest BCUT2D eigenvalue weighted by molar-refractivity contribution is 6.30.